The number of furan rings is 1. The summed E-state index contributed by atoms with van der Waals surface area (Å²) in [5, 5.41) is 8.97. The van der Waals surface area contributed by atoms with Crippen LogP contribution in [0.2, 0.25) is 0 Å². The van der Waals surface area contributed by atoms with Crippen LogP contribution < -0.4 is 5.73 Å². The number of aliphatic carboxylic acids is 1. The van der Waals surface area contributed by atoms with E-state index in [0.29, 0.717) is 25.1 Å². The van der Waals surface area contributed by atoms with Gasteiger partial charge in [-0.05, 0) is 25.0 Å². The number of rotatable bonds is 3. The highest BCUT2D eigenvalue weighted by molar-refractivity contribution is 5.92. The Morgan fingerprint density at radius 1 is 1.50 bits per heavy atom. The molecule has 0 unspecified atom stereocenters. The number of nitrogens with zero attached hydrogens (tertiary/aromatic N) is 1. The third kappa shape index (κ3) is 2.53. The number of carboxylic acid groups (broad SMARTS) is 1. The number of carboxylic acids is 1. The highest BCUT2D eigenvalue weighted by Crippen LogP contribution is 2.19. The number of hydrogen-bond acceptors (Lipinski definition) is 4. The van der Waals surface area contributed by atoms with Crippen molar-refractivity contribution < 1.29 is 19.1 Å². The van der Waals surface area contributed by atoms with Crippen LogP contribution in [0, 0.1) is 5.92 Å². The van der Waals surface area contributed by atoms with Gasteiger partial charge in [0.05, 0.1) is 12.5 Å². The van der Waals surface area contributed by atoms with Crippen LogP contribution in [0.4, 0.5) is 0 Å². The standard InChI is InChI=1S/C12H16N2O4/c13-6-9-3-4-10(18-9)11(15)14-5-1-2-8(7-14)12(16)17/h3-4,8H,1-2,5-7,13H2,(H,16,17)/t8-/m0/s1. The van der Waals surface area contributed by atoms with E-state index in [0.717, 1.165) is 0 Å². The number of amides is 1. The summed E-state index contributed by atoms with van der Waals surface area (Å²) >= 11 is 0. The SMILES string of the molecule is NCc1ccc(C(=O)N2CCC[C@H](C(=O)O)C2)o1. The van der Waals surface area contributed by atoms with E-state index < -0.39 is 11.9 Å². The highest BCUT2D eigenvalue weighted by atomic mass is 16.4. The van der Waals surface area contributed by atoms with Gasteiger partial charge in [0.25, 0.3) is 5.91 Å². The lowest BCUT2D eigenvalue weighted by molar-refractivity contribution is -0.143. The molecular weight excluding hydrogens is 236 g/mol. The Morgan fingerprint density at radius 3 is 2.89 bits per heavy atom. The smallest absolute Gasteiger partial charge is 0.308 e. The molecule has 0 aromatic carbocycles. The first kappa shape index (κ1) is 12.6. The van der Waals surface area contributed by atoms with Crippen molar-refractivity contribution in [2.45, 2.75) is 19.4 Å². The third-order valence-electron chi connectivity index (χ3n) is 3.13. The maximum Gasteiger partial charge on any atom is 0.308 e. The molecule has 1 amide bonds. The van der Waals surface area contributed by atoms with Crippen LogP contribution in [0.1, 0.15) is 29.2 Å². The van der Waals surface area contributed by atoms with Crippen molar-refractivity contribution in [1.82, 2.24) is 4.90 Å². The normalized spacial score (nSPS) is 19.8. The second kappa shape index (κ2) is 5.22. The van der Waals surface area contributed by atoms with E-state index in [4.69, 9.17) is 15.3 Å². The van der Waals surface area contributed by atoms with Gasteiger partial charge in [-0.15, -0.1) is 0 Å². The number of hydrogen-bond donors (Lipinski definition) is 2. The van der Waals surface area contributed by atoms with Gasteiger partial charge in [0.1, 0.15) is 5.76 Å². The molecule has 1 aromatic rings. The topological polar surface area (TPSA) is 96.8 Å². The summed E-state index contributed by atoms with van der Waals surface area (Å²) in [5.74, 6) is -0.825. The second-order valence-corrected chi connectivity index (χ2v) is 4.40. The lowest BCUT2D eigenvalue weighted by Crippen LogP contribution is -2.42. The molecule has 6 heteroatoms. The lowest BCUT2D eigenvalue weighted by atomic mass is 9.98. The van der Waals surface area contributed by atoms with E-state index in [-0.39, 0.29) is 24.8 Å². The largest absolute Gasteiger partial charge is 0.481 e. The van der Waals surface area contributed by atoms with Gasteiger partial charge in [-0.25, -0.2) is 0 Å². The molecule has 0 bridgehead atoms. The first-order valence-corrected chi connectivity index (χ1v) is 5.92. The molecule has 6 nitrogen and oxygen atoms in total. The Labute approximate surface area is 104 Å². The zero-order valence-corrected chi connectivity index (χ0v) is 9.96. The van der Waals surface area contributed by atoms with E-state index in [1.165, 1.54) is 4.90 Å². The predicted molar refractivity (Wildman–Crippen MR) is 62.9 cm³/mol. The molecule has 0 radical (unpaired) electrons. The Bertz CT molecular complexity index is 455. The van der Waals surface area contributed by atoms with Crippen LogP contribution in [-0.4, -0.2) is 35.0 Å². The van der Waals surface area contributed by atoms with Crippen LogP contribution in [0.25, 0.3) is 0 Å². The molecule has 1 saturated heterocycles. The van der Waals surface area contributed by atoms with Gasteiger partial charge >= 0.3 is 5.97 Å². The summed E-state index contributed by atoms with van der Waals surface area (Å²) in [6.07, 6.45) is 1.32. The summed E-state index contributed by atoms with van der Waals surface area (Å²) in [6.45, 7) is 1.05. The van der Waals surface area contributed by atoms with Crippen molar-refractivity contribution in [3.05, 3.63) is 23.7 Å². The fourth-order valence-electron chi connectivity index (χ4n) is 2.12. The summed E-state index contributed by atoms with van der Waals surface area (Å²) in [7, 11) is 0. The van der Waals surface area contributed by atoms with E-state index >= 15 is 0 Å². The van der Waals surface area contributed by atoms with E-state index in [9.17, 15) is 9.59 Å². The number of carbonyl (C=O) groups excluding carboxylic acids is 1. The minimum atomic E-state index is -0.852. The third-order valence-corrected chi connectivity index (χ3v) is 3.13. The van der Waals surface area contributed by atoms with Gasteiger partial charge in [-0.2, -0.15) is 0 Å². The Balaban J connectivity index is 2.06. The zero-order chi connectivity index (χ0) is 13.1. The fraction of sp³-hybridized carbons (Fsp3) is 0.500. The lowest BCUT2D eigenvalue weighted by Gasteiger charge is -2.29. The van der Waals surface area contributed by atoms with Crippen LogP contribution in [0.5, 0.6) is 0 Å². The van der Waals surface area contributed by atoms with Crippen molar-refractivity contribution in [1.29, 1.82) is 0 Å². The molecule has 1 aromatic heterocycles. The molecule has 0 saturated carbocycles. The van der Waals surface area contributed by atoms with Crippen molar-refractivity contribution >= 4 is 11.9 Å². The summed E-state index contributed by atoms with van der Waals surface area (Å²) in [4.78, 5) is 24.6. The molecule has 0 spiro atoms. The zero-order valence-electron chi connectivity index (χ0n) is 9.96. The fourth-order valence-corrected chi connectivity index (χ4v) is 2.12. The van der Waals surface area contributed by atoms with E-state index in [1.807, 2.05) is 0 Å². The Hall–Kier alpha value is -1.82. The second-order valence-electron chi connectivity index (χ2n) is 4.40. The van der Waals surface area contributed by atoms with Gasteiger partial charge in [0, 0.05) is 13.1 Å². The van der Waals surface area contributed by atoms with Crippen LogP contribution in [0.3, 0.4) is 0 Å². The first-order chi connectivity index (χ1) is 8.61. The summed E-state index contributed by atoms with van der Waals surface area (Å²) < 4.78 is 5.28. The van der Waals surface area contributed by atoms with Crippen LogP contribution in [0.15, 0.2) is 16.5 Å². The van der Waals surface area contributed by atoms with Gasteiger partial charge in [0.15, 0.2) is 5.76 Å². The molecule has 1 fully saturated rings. The summed E-state index contributed by atoms with van der Waals surface area (Å²) in [5.41, 5.74) is 5.41. The van der Waals surface area contributed by atoms with E-state index in [2.05, 4.69) is 0 Å². The van der Waals surface area contributed by atoms with Crippen molar-refractivity contribution in [2.75, 3.05) is 13.1 Å². The molecule has 18 heavy (non-hydrogen) atoms. The van der Waals surface area contributed by atoms with Gasteiger partial charge in [-0.1, -0.05) is 0 Å². The maximum absolute atomic E-state index is 12.1. The highest BCUT2D eigenvalue weighted by Gasteiger charge is 2.29. The van der Waals surface area contributed by atoms with Gasteiger partial charge in [0.2, 0.25) is 0 Å². The quantitative estimate of drug-likeness (QED) is 0.824. The number of nitrogens with two attached hydrogens (primary N) is 1. The molecular formula is C12H16N2O4. The monoisotopic (exact) mass is 252 g/mol. The molecule has 2 heterocycles. The average Bonchev–Trinajstić information content (AvgIpc) is 2.86. The average molecular weight is 252 g/mol. The predicted octanol–water partition coefficient (Wildman–Crippen LogP) is 0.675. The number of likely N-dealkylation sites (tertiary alicyclic amines) is 1. The molecule has 98 valence electrons. The van der Waals surface area contributed by atoms with E-state index in [1.54, 1.807) is 12.1 Å². The Morgan fingerprint density at radius 2 is 2.28 bits per heavy atom. The molecule has 1 aliphatic rings. The van der Waals surface area contributed by atoms with Crippen LogP contribution in [-0.2, 0) is 11.3 Å². The minimum Gasteiger partial charge on any atom is -0.481 e. The van der Waals surface area contributed by atoms with Crippen LogP contribution >= 0.6 is 0 Å². The number of piperidine rings is 1. The van der Waals surface area contributed by atoms with Crippen molar-refractivity contribution in [3.63, 3.8) is 0 Å². The maximum atomic E-state index is 12.1. The number of carbonyl (C=O) groups is 2. The summed E-state index contributed by atoms with van der Waals surface area (Å²) in [6, 6.07) is 3.24. The van der Waals surface area contributed by atoms with Gasteiger partial charge in [-0.3, -0.25) is 9.59 Å². The molecule has 3 N–H and O–H groups in total. The molecule has 2 rings (SSSR count). The molecule has 1 aliphatic heterocycles. The first-order valence-electron chi connectivity index (χ1n) is 5.92. The van der Waals surface area contributed by atoms with Crippen molar-refractivity contribution in [2.24, 2.45) is 11.7 Å². The Kier molecular flexibility index (Phi) is 3.66. The molecule has 0 aliphatic carbocycles. The van der Waals surface area contributed by atoms with Crippen molar-refractivity contribution in [3.8, 4) is 0 Å². The van der Waals surface area contributed by atoms with Gasteiger partial charge < -0.3 is 20.2 Å². The molecule has 1 atom stereocenters. The minimum absolute atomic E-state index is 0.224.